The minimum absolute atomic E-state index is 0.255. The molecule has 284 valence electrons. The van der Waals surface area contributed by atoms with Gasteiger partial charge in [-0.2, -0.15) is 18.3 Å². The number of para-hydroxylation sites is 2. The fourth-order valence-electron chi connectivity index (χ4n) is 6.91. The molecule has 0 aliphatic carbocycles. The molecule has 0 saturated heterocycles. The van der Waals surface area contributed by atoms with E-state index in [-0.39, 0.29) is 6.16 Å². The second-order valence-electron chi connectivity index (χ2n) is 13.9. The van der Waals surface area contributed by atoms with Gasteiger partial charge in [0.15, 0.2) is 68.5 Å². The smallest absolute Gasteiger partial charge is 0.335 e. The number of H-pyrrole nitrogens is 1. The fraction of sp³-hybridized carbons (Fsp3) is 0.174. The number of hydrogen-bond acceptors (Lipinski definition) is 5. The number of pyridine rings is 5. The summed E-state index contributed by atoms with van der Waals surface area (Å²) in [6.07, 6.45) is 17.0. The van der Waals surface area contributed by atoms with E-state index >= 15 is 0 Å². The molecule has 8 aromatic rings. The van der Waals surface area contributed by atoms with Crippen molar-refractivity contribution in [3.05, 3.63) is 188 Å². The van der Waals surface area contributed by atoms with Gasteiger partial charge in [-0.3, -0.25) is 4.57 Å². The van der Waals surface area contributed by atoms with Crippen molar-refractivity contribution in [1.82, 2.24) is 15.0 Å². The minimum atomic E-state index is -3.14. The van der Waals surface area contributed by atoms with Crippen LogP contribution in [0.1, 0.15) is 36.6 Å². The van der Waals surface area contributed by atoms with Crippen LogP contribution in [0.25, 0.3) is 39.0 Å². The summed E-state index contributed by atoms with van der Waals surface area (Å²) in [6, 6.07) is 39.4. The van der Waals surface area contributed by atoms with Crippen LogP contribution in [0.2, 0.25) is 0 Å². The van der Waals surface area contributed by atoms with Gasteiger partial charge in [0, 0.05) is 60.7 Å². The normalized spacial score (nSPS) is 11.6. The monoisotopic (exact) mass is 775 g/mol. The lowest BCUT2D eigenvalue weighted by Gasteiger charge is -2.16. The molecular formula is C46H46N7O3P+4. The maximum Gasteiger partial charge on any atom is 0.335 e. The Labute approximate surface area is 332 Å². The maximum atomic E-state index is 12.9. The summed E-state index contributed by atoms with van der Waals surface area (Å²) in [4.78, 5) is 13.1. The van der Waals surface area contributed by atoms with Gasteiger partial charge in [0.25, 0.3) is 0 Å². The molecule has 11 heteroatoms. The highest BCUT2D eigenvalue weighted by molar-refractivity contribution is 7.53. The molecule has 0 unspecified atom stereocenters. The van der Waals surface area contributed by atoms with Crippen LogP contribution in [0.5, 0.6) is 0 Å². The molecule has 0 atom stereocenters. The Kier molecular flexibility index (Phi) is 11.5. The zero-order chi connectivity index (χ0) is 39.0. The van der Waals surface area contributed by atoms with E-state index in [1.807, 2.05) is 56.3 Å². The molecule has 6 aromatic heterocycles. The fourth-order valence-corrected chi connectivity index (χ4v) is 8.61. The van der Waals surface area contributed by atoms with Crippen LogP contribution >= 0.6 is 7.60 Å². The van der Waals surface area contributed by atoms with Crippen LogP contribution < -0.4 is 18.3 Å². The molecule has 0 bridgehead atoms. The van der Waals surface area contributed by atoms with Crippen molar-refractivity contribution in [3.63, 3.8) is 0 Å². The molecule has 6 heterocycles. The Morgan fingerprint density at radius 1 is 0.544 bits per heavy atom. The molecule has 0 aliphatic heterocycles. The van der Waals surface area contributed by atoms with Gasteiger partial charge in [-0.15, -0.1) is 0 Å². The highest BCUT2D eigenvalue weighted by atomic mass is 31.2. The number of fused-ring (bicyclic) bond motifs is 1. The minimum Gasteiger partial charge on any atom is -0.337 e. The number of aromatic nitrogens is 7. The van der Waals surface area contributed by atoms with Crippen molar-refractivity contribution in [2.75, 3.05) is 13.2 Å². The Morgan fingerprint density at radius 3 is 1.54 bits per heavy atom. The van der Waals surface area contributed by atoms with E-state index in [2.05, 4.69) is 146 Å². The lowest BCUT2D eigenvalue weighted by molar-refractivity contribution is -0.690. The van der Waals surface area contributed by atoms with E-state index in [9.17, 15) is 4.57 Å². The Hall–Kier alpha value is -6.19. The molecule has 0 radical (unpaired) electrons. The zero-order valence-corrected chi connectivity index (χ0v) is 33.1. The third-order valence-electron chi connectivity index (χ3n) is 9.76. The van der Waals surface area contributed by atoms with Crippen molar-refractivity contribution in [1.29, 1.82) is 0 Å². The third-order valence-corrected chi connectivity index (χ3v) is 11.8. The average Bonchev–Trinajstić information content (AvgIpc) is 3.65. The number of rotatable bonds is 15. The maximum absolute atomic E-state index is 12.9. The third kappa shape index (κ3) is 9.44. The first-order valence-electron chi connectivity index (χ1n) is 19.3. The van der Waals surface area contributed by atoms with Crippen molar-refractivity contribution in [2.45, 2.75) is 39.6 Å². The number of aromatic amines is 1. The van der Waals surface area contributed by atoms with Gasteiger partial charge in [-0.25, -0.2) is 9.97 Å². The summed E-state index contributed by atoms with van der Waals surface area (Å²) in [5.74, 6) is 0.940. The molecule has 0 fully saturated rings. The molecule has 0 amide bonds. The molecule has 0 aliphatic rings. The molecule has 57 heavy (non-hydrogen) atoms. The number of nitrogens with zero attached hydrogens (tertiary/aromatic N) is 6. The van der Waals surface area contributed by atoms with E-state index in [4.69, 9.17) is 19.0 Å². The Morgan fingerprint density at radius 2 is 1.04 bits per heavy atom. The van der Waals surface area contributed by atoms with Gasteiger partial charge in [0.1, 0.15) is 11.4 Å². The van der Waals surface area contributed by atoms with E-state index < -0.39 is 7.60 Å². The van der Waals surface area contributed by atoms with E-state index in [0.29, 0.717) is 32.8 Å². The van der Waals surface area contributed by atoms with Crippen molar-refractivity contribution < 1.29 is 31.9 Å². The molecule has 0 spiro atoms. The van der Waals surface area contributed by atoms with Crippen LogP contribution in [-0.2, 0) is 39.4 Å². The SMILES string of the molecule is CCOP(=O)(Cc1ccc(-[n+]2ccc(-c3cc[n+](Cc4cccc(C[n+]5ccc(-c6cc[n+](Cc7nc8ccccc8[nH]7)cc6)cc5)n4)cc3)cc2)cc1)OCC. The first-order valence-corrected chi connectivity index (χ1v) is 21.0. The van der Waals surface area contributed by atoms with Gasteiger partial charge in [0.05, 0.1) is 30.4 Å². The summed E-state index contributed by atoms with van der Waals surface area (Å²) >= 11 is 0. The largest absolute Gasteiger partial charge is 0.337 e. The second kappa shape index (κ2) is 17.3. The lowest BCUT2D eigenvalue weighted by atomic mass is 10.1. The summed E-state index contributed by atoms with van der Waals surface area (Å²) in [6.45, 7) is 6.41. The number of nitrogens with one attached hydrogen (secondary N) is 1. The summed E-state index contributed by atoms with van der Waals surface area (Å²) in [7, 11) is -3.14. The van der Waals surface area contributed by atoms with Crippen LogP contribution in [0.4, 0.5) is 0 Å². The van der Waals surface area contributed by atoms with Crippen molar-refractivity contribution in [2.24, 2.45) is 0 Å². The quantitative estimate of drug-likeness (QED) is 0.0870. The van der Waals surface area contributed by atoms with E-state index in [1.165, 1.54) is 0 Å². The van der Waals surface area contributed by atoms with Gasteiger partial charge in [-0.1, -0.05) is 30.3 Å². The standard InChI is InChI=1S/C46H45N7O3P/c1-3-55-57(54,56-4-2)35-36-12-14-43(15-13-36)53-30-22-40(23-31-53)39-18-26-51(27-19-39)33-42-9-7-8-41(47-42)32-50-24-16-37(17-25-50)38-20-28-52(29-21-38)34-46-48-44-10-5-6-11-45(44)49-46/h5-31H,3-4,32-35H2,1-2H3/q+3/p+1. The molecular weight excluding hydrogens is 730 g/mol. The van der Waals surface area contributed by atoms with Crippen LogP contribution in [0.3, 0.4) is 0 Å². The van der Waals surface area contributed by atoms with E-state index in [0.717, 1.165) is 61.8 Å². The van der Waals surface area contributed by atoms with Crippen LogP contribution in [-0.4, -0.2) is 28.2 Å². The van der Waals surface area contributed by atoms with Gasteiger partial charge >= 0.3 is 7.60 Å². The zero-order valence-electron chi connectivity index (χ0n) is 32.2. The number of hydrogen-bond donors (Lipinski definition) is 1. The highest BCUT2D eigenvalue weighted by Crippen LogP contribution is 2.51. The molecule has 10 nitrogen and oxygen atoms in total. The van der Waals surface area contributed by atoms with Gasteiger partial charge in [-0.05, 0) is 65.9 Å². The van der Waals surface area contributed by atoms with Crippen molar-refractivity contribution >= 4 is 18.6 Å². The molecule has 8 rings (SSSR count). The first kappa shape index (κ1) is 37.7. The predicted octanol–water partition coefficient (Wildman–Crippen LogP) is 7.34. The van der Waals surface area contributed by atoms with Crippen LogP contribution in [0, 0.1) is 0 Å². The van der Waals surface area contributed by atoms with Gasteiger partial charge in [0.2, 0.25) is 12.2 Å². The number of benzene rings is 2. The Bertz CT molecular complexity index is 2570. The first-order chi connectivity index (χ1) is 27.9. The van der Waals surface area contributed by atoms with Crippen LogP contribution in [0.15, 0.2) is 165 Å². The van der Waals surface area contributed by atoms with Crippen molar-refractivity contribution in [3.8, 4) is 27.9 Å². The summed E-state index contributed by atoms with van der Waals surface area (Å²) < 4.78 is 32.4. The average molecular weight is 776 g/mol. The highest BCUT2D eigenvalue weighted by Gasteiger charge is 2.24. The lowest BCUT2D eigenvalue weighted by Crippen LogP contribution is -2.35. The molecule has 1 N–H and O–H groups in total. The summed E-state index contributed by atoms with van der Waals surface area (Å²) in [5.41, 5.74) is 10.6. The second-order valence-corrected chi connectivity index (χ2v) is 15.9. The topological polar surface area (TPSA) is 92.6 Å². The molecule has 2 aromatic carbocycles. The Balaban J connectivity index is 0.849. The number of imidazole rings is 1. The van der Waals surface area contributed by atoms with Gasteiger partial charge < -0.3 is 14.0 Å². The summed E-state index contributed by atoms with van der Waals surface area (Å²) in [5, 5.41) is 0. The molecule has 0 saturated carbocycles. The van der Waals surface area contributed by atoms with E-state index in [1.54, 1.807) is 0 Å². The predicted molar refractivity (Wildman–Crippen MR) is 218 cm³/mol.